The number of urea groups is 1. The minimum atomic E-state index is -0.00583. The number of nitrogens with zero attached hydrogens (tertiary/aromatic N) is 2. The fourth-order valence-electron chi connectivity index (χ4n) is 1.87. The molecule has 0 bridgehead atoms. The third-order valence-corrected chi connectivity index (χ3v) is 3.15. The number of rotatable bonds is 2. The molecule has 4 nitrogen and oxygen atoms in total. The number of nitrogens with one attached hydrogen (secondary N) is 1. The van der Waals surface area contributed by atoms with E-state index in [0.717, 1.165) is 24.3 Å². The standard InChI is InChI=1S/C13H19N3O/c1-10-5-4-6-11(7-10)14-13(17)16-8-12(9-16)15(2)3/h4-7,12H,8-9H2,1-3H3,(H,14,17). The Kier molecular flexibility index (Phi) is 3.33. The number of carbonyl (C=O) groups excluding carboxylic acids is 1. The van der Waals surface area contributed by atoms with E-state index in [1.807, 2.05) is 50.2 Å². The van der Waals surface area contributed by atoms with Gasteiger partial charge in [0, 0.05) is 24.8 Å². The van der Waals surface area contributed by atoms with Crippen LogP contribution in [0.1, 0.15) is 5.56 Å². The number of hydrogen-bond acceptors (Lipinski definition) is 2. The molecule has 0 spiro atoms. The molecule has 1 heterocycles. The van der Waals surface area contributed by atoms with E-state index in [-0.39, 0.29) is 6.03 Å². The largest absolute Gasteiger partial charge is 0.321 e. The van der Waals surface area contributed by atoms with Gasteiger partial charge in [0.15, 0.2) is 0 Å². The fourth-order valence-corrected chi connectivity index (χ4v) is 1.87. The summed E-state index contributed by atoms with van der Waals surface area (Å²) in [6.45, 7) is 3.64. The fraction of sp³-hybridized carbons (Fsp3) is 0.462. The van der Waals surface area contributed by atoms with Gasteiger partial charge in [-0.15, -0.1) is 0 Å². The van der Waals surface area contributed by atoms with Crippen molar-refractivity contribution in [1.82, 2.24) is 9.80 Å². The summed E-state index contributed by atoms with van der Waals surface area (Å²) in [6, 6.07) is 8.34. The van der Waals surface area contributed by atoms with Gasteiger partial charge in [-0.2, -0.15) is 0 Å². The second kappa shape index (κ2) is 4.75. The first-order valence-electron chi connectivity index (χ1n) is 5.85. The second-order valence-electron chi connectivity index (χ2n) is 4.82. The Morgan fingerprint density at radius 3 is 2.71 bits per heavy atom. The zero-order chi connectivity index (χ0) is 12.4. The SMILES string of the molecule is Cc1cccc(NC(=O)N2CC(N(C)C)C2)c1. The van der Waals surface area contributed by atoms with Crippen molar-refractivity contribution in [2.75, 3.05) is 32.5 Å². The minimum Gasteiger partial charge on any atom is -0.321 e. The molecule has 1 fully saturated rings. The van der Waals surface area contributed by atoms with E-state index in [1.165, 1.54) is 0 Å². The third kappa shape index (κ3) is 2.77. The maximum Gasteiger partial charge on any atom is 0.321 e. The van der Waals surface area contributed by atoms with Crippen LogP contribution < -0.4 is 5.32 Å². The second-order valence-corrected chi connectivity index (χ2v) is 4.82. The molecule has 1 aliphatic heterocycles. The van der Waals surface area contributed by atoms with Gasteiger partial charge in [-0.3, -0.25) is 0 Å². The highest BCUT2D eigenvalue weighted by atomic mass is 16.2. The number of likely N-dealkylation sites (N-methyl/N-ethyl adjacent to an activating group) is 1. The van der Waals surface area contributed by atoms with Crippen molar-refractivity contribution in [1.29, 1.82) is 0 Å². The number of anilines is 1. The maximum atomic E-state index is 11.9. The molecule has 4 heteroatoms. The molecule has 17 heavy (non-hydrogen) atoms. The topological polar surface area (TPSA) is 35.6 Å². The Balaban J connectivity index is 1.87. The van der Waals surface area contributed by atoms with E-state index in [0.29, 0.717) is 6.04 Å². The lowest BCUT2D eigenvalue weighted by atomic mass is 10.1. The van der Waals surface area contributed by atoms with Gasteiger partial charge in [-0.1, -0.05) is 12.1 Å². The lowest BCUT2D eigenvalue weighted by molar-refractivity contribution is 0.0942. The number of likely N-dealkylation sites (tertiary alicyclic amines) is 1. The van der Waals surface area contributed by atoms with Gasteiger partial charge >= 0.3 is 6.03 Å². The molecule has 1 aromatic rings. The first kappa shape index (κ1) is 11.9. The third-order valence-electron chi connectivity index (χ3n) is 3.15. The van der Waals surface area contributed by atoms with Crippen LogP contribution in [0.2, 0.25) is 0 Å². The van der Waals surface area contributed by atoms with Crippen molar-refractivity contribution in [3.63, 3.8) is 0 Å². The average molecular weight is 233 g/mol. The monoisotopic (exact) mass is 233 g/mol. The molecule has 0 unspecified atom stereocenters. The Bertz CT molecular complexity index is 411. The van der Waals surface area contributed by atoms with E-state index in [9.17, 15) is 4.79 Å². The van der Waals surface area contributed by atoms with Crippen LogP contribution in [0.3, 0.4) is 0 Å². The quantitative estimate of drug-likeness (QED) is 0.845. The van der Waals surface area contributed by atoms with Crippen LogP contribution in [0.5, 0.6) is 0 Å². The molecular formula is C13H19N3O. The van der Waals surface area contributed by atoms with Crippen molar-refractivity contribution >= 4 is 11.7 Å². The number of carbonyl (C=O) groups is 1. The van der Waals surface area contributed by atoms with Gasteiger partial charge < -0.3 is 15.1 Å². The van der Waals surface area contributed by atoms with Crippen LogP contribution in [-0.4, -0.2) is 49.1 Å². The van der Waals surface area contributed by atoms with Crippen molar-refractivity contribution in [3.05, 3.63) is 29.8 Å². The molecule has 2 amide bonds. The Morgan fingerprint density at radius 1 is 1.41 bits per heavy atom. The number of benzene rings is 1. The summed E-state index contributed by atoms with van der Waals surface area (Å²) in [7, 11) is 4.08. The minimum absolute atomic E-state index is 0.00583. The molecule has 0 aliphatic carbocycles. The molecule has 1 saturated heterocycles. The first-order valence-corrected chi connectivity index (χ1v) is 5.85. The Morgan fingerprint density at radius 2 is 2.12 bits per heavy atom. The zero-order valence-electron chi connectivity index (χ0n) is 10.6. The van der Waals surface area contributed by atoms with E-state index in [1.54, 1.807) is 0 Å². The van der Waals surface area contributed by atoms with Crippen molar-refractivity contribution in [2.24, 2.45) is 0 Å². The highest BCUT2D eigenvalue weighted by Gasteiger charge is 2.31. The van der Waals surface area contributed by atoms with E-state index >= 15 is 0 Å². The highest BCUT2D eigenvalue weighted by molar-refractivity contribution is 5.90. The Labute approximate surface area is 102 Å². The summed E-state index contributed by atoms with van der Waals surface area (Å²) in [5.74, 6) is 0. The predicted molar refractivity (Wildman–Crippen MR) is 69.2 cm³/mol. The number of aryl methyl sites for hydroxylation is 1. The van der Waals surface area contributed by atoms with Crippen LogP contribution in [0.15, 0.2) is 24.3 Å². The smallest absolute Gasteiger partial charge is 0.321 e. The van der Waals surface area contributed by atoms with E-state index < -0.39 is 0 Å². The molecule has 1 aromatic carbocycles. The molecule has 1 aliphatic rings. The van der Waals surface area contributed by atoms with Crippen molar-refractivity contribution in [3.8, 4) is 0 Å². The van der Waals surface area contributed by atoms with Gasteiger partial charge in [0.25, 0.3) is 0 Å². The average Bonchev–Trinajstić information content (AvgIpc) is 2.13. The predicted octanol–water partition coefficient (Wildman–Crippen LogP) is 1.77. The summed E-state index contributed by atoms with van der Waals surface area (Å²) < 4.78 is 0. The zero-order valence-corrected chi connectivity index (χ0v) is 10.6. The van der Waals surface area contributed by atoms with Gasteiger partial charge in [-0.05, 0) is 38.7 Å². The Hall–Kier alpha value is -1.55. The molecule has 0 radical (unpaired) electrons. The summed E-state index contributed by atoms with van der Waals surface area (Å²) in [6.07, 6.45) is 0. The molecule has 0 aromatic heterocycles. The summed E-state index contributed by atoms with van der Waals surface area (Å²) >= 11 is 0. The number of hydrogen-bond donors (Lipinski definition) is 1. The lowest BCUT2D eigenvalue weighted by Crippen LogP contribution is -2.60. The van der Waals surface area contributed by atoms with Crippen molar-refractivity contribution < 1.29 is 4.79 Å². The highest BCUT2D eigenvalue weighted by Crippen LogP contribution is 2.15. The lowest BCUT2D eigenvalue weighted by Gasteiger charge is -2.42. The van der Waals surface area contributed by atoms with Crippen LogP contribution in [0.4, 0.5) is 10.5 Å². The summed E-state index contributed by atoms with van der Waals surface area (Å²) in [5.41, 5.74) is 2.01. The van der Waals surface area contributed by atoms with Crippen LogP contribution >= 0.6 is 0 Å². The number of amides is 2. The summed E-state index contributed by atoms with van der Waals surface area (Å²) in [5, 5.41) is 2.91. The van der Waals surface area contributed by atoms with Crippen LogP contribution in [-0.2, 0) is 0 Å². The molecule has 0 saturated carbocycles. The molecular weight excluding hydrogens is 214 g/mol. The van der Waals surface area contributed by atoms with Crippen LogP contribution in [0.25, 0.3) is 0 Å². The van der Waals surface area contributed by atoms with Crippen molar-refractivity contribution in [2.45, 2.75) is 13.0 Å². The normalized spacial score (nSPS) is 15.9. The molecule has 0 atom stereocenters. The summed E-state index contributed by atoms with van der Waals surface area (Å²) in [4.78, 5) is 15.8. The van der Waals surface area contributed by atoms with Crippen LogP contribution in [0, 0.1) is 6.92 Å². The van der Waals surface area contributed by atoms with Gasteiger partial charge in [0.1, 0.15) is 0 Å². The maximum absolute atomic E-state index is 11.9. The molecule has 2 rings (SSSR count). The molecule has 1 N–H and O–H groups in total. The van der Waals surface area contributed by atoms with Gasteiger partial charge in [0.05, 0.1) is 0 Å². The molecule has 92 valence electrons. The first-order chi connectivity index (χ1) is 8.06. The van der Waals surface area contributed by atoms with Gasteiger partial charge in [0.2, 0.25) is 0 Å². The van der Waals surface area contributed by atoms with E-state index in [4.69, 9.17) is 0 Å². The van der Waals surface area contributed by atoms with Gasteiger partial charge in [-0.25, -0.2) is 4.79 Å². The van der Waals surface area contributed by atoms with E-state index in [2.05, 4.69) is 10.2 Å².